The predicted molar refractivity (Wildman–Crippen MR) is 135 cm³/mol. The van der Waals surface area contributed by atoms with Gasteiger partial charge in [0.2, 0.25) is 0 Å². The van der Waals surface area contributed by atoms with Crippen LogP contribution in [-0.4, -0.2) is 41.8 Å². The van der Waals surface area contributed by atoms with Gasteiger partial charge >= 0.3 is 7.82 Å². The van der Waals surface area contributed by atoms with Crippen LogP contribution in [0, 0.1) is 5.92 Å². The van der Waals surface area contributed by atoms with Gasteiger partial charge in [0.15, 0.2) is 21.8 Å². The van der Waals surface area contributed by atoms with Crippen molar-refractivity contribution in [2.24, 2.45) is 5.92 Å². The SMILES string of the molecule is COP(=O)(OC)OC[C@@H](CC(C)C)Nc1nc(S[C@@H](C)c2ccccc2)nc2nc(N)sc12. The molecule has 33 heavy (non-hydrogen) atoms. The van der Waals surface area contributed by atoms with E-state index in [1.54, 1.807) is 11.8 Å². The number of thioether (sulfide) groups is 1. The molecule has 0 aliphatic rings. The highest BCUT2D eigenvalue weighted by atomic mass is 32.2. The Morgan fingerprint density at radius 2 is 1.82 bits per heavy atom. The van der Waals surface area contributed by atoms with Crippen LogP contribution < -0.4 is 11.1 Å². The van der Waals surface area contributed by atoms with Crippen LogP contribution in [0.25, 0.3) is 10.3 Å². The molecule has 180 valence electrons. The predicted octanol–water partition coefficient (Wildman–Crippen LogP) is 5.77. The molecule has 12 heteroatoms. The lowest BCUT2D eigenvalue weighted by atomic mass is 10.0. The minimum absolute atomic E-state index is 0.111. The van der Waals surface area contributed by atoms with E-state index in [0.29, 0.717) is 27.7 Å². The van der Waals surface area contributed by atoms with Crippen molar-refractivity contribution in [3.05, 3.63) is 35.9 Å². The van der Waals surface area contributed by atoms with Gasteiger partial charge in [-0.1, -0.05) is 67.3 Å². The Morgan fingerprint density at radius 1 is 1.12 bits per heavy atom. The summed E-state index contributed by atoms with van der Waals surface area (Å²) in [5.74, 6) is 0.974. The number of thiazole rings is 1. The molecule has 0 saturated heterocycles. The van der Waals surface area contributed by atoms with Crippen LogP contribution in [-0.2, 0) is 18.1 Å². The minimum atomic E-state index is -3.60. The van der Waals surface area contributed by atoms with E-state index in [4.69, 9.17) is 24.3 Å². The van der Waals surface area contributed by atoms with E-state index in [1.165, 1.54) is 31.1 Å². The summed E-state index contributed by atoms with van der Waals surface area (Å²) >= 11 is 2.87. The highest BCUT2D eigenvalue weighted by Crippen LogP contribution is 2.47. The van der Waals surface area contributed by atoms with Gasteiger partial charge in [0.05, 0.1) is 12.6 Å². The third kappa shape index (κ3) is 7.11. The molecule has 0 fully saturated rings. The molecular weight excluding hydrogens is 481 g/mol. The van der Waals surface area contributed by atoms with Crippen molar-refractivity contribution < 1.29 is 18.1 Å². The van der Waals surface area contributed by atoms with Gasteiger partial charge in [0, 0.05) is 19.5 Å². The molecule has 9 nitrogen and oxygen atoms in total. The third-order valence-electron chi connectivity index (χ3n) is 4.78. The molecule has 0 aliphatic heterocycles. The van der Waals surface area contributed by atoms with Gasteiger partial charge in [0.1, 0.15) is 4.70 Å². The molecule has 1 aromatic carbocycles. The van der Waals surface area contributed by atoms with Crippen molar-refractivity contribution in [1.29, 1.82) is 0 Å². The van der Waals surface area contributed by atoms with Crippen molar-refractivity contribution in [3.8, 4) is 0 Å². The summed E-state index contributed by atoms with van der Waals surface area (Å²) in [5, 5.41) is 4.59. The van der Waals surface area contributed by atoms with Crippen molar-refractivity contribution in [1.82, 2.24) is 15.0 Å². The standard InChI is InChI=1S/C21H30N5O4PS2/c1-13(2)11-16(12-30-31(27,28-4)29-5)23-18-17-19(24-20(22)33-17)26-21(25-18)32-14(3)15-9-7-6-8-10-15/h6-10,13-14,16H,11-12H2,1-5H3,(H3,22,23,24,25,26)/t14-,16+/m0/s1. The normalized spacial score (nSPS) is 14.0. The first kappa shape index (κ1) is 25.9. The summed E-state index contributed by atoms with van der Waals surface area (Å²) in [5.41, 5.74) is 7.70. The van der Waals surface area contributed by atoms with E-state index >= 15 is 0 Å². The number of nitrogen functional groups attached to an aromatic ring is 1. The fourth-order valence-electron chi connectivity index (χ4n) is 3.21. The first-order valence-electron chi connectivity index (χ1n) is 10.5. The molecule has 0 radical (unpaired) electrons. The second kappa shape index (κ2) is 11.6. The van der Waals surface area contributed by atoms with E-state index in [1.807, 2.05) is 18.2 Å². The number of aromatic nitrogens is 3. The van der Waals surface area contributed by atoms with E-state index in [2.05, 4.69) is 48.2 Å². The molecule has 0 spiro atoms. The maximum Gasteiger partial charge on any atom is 0.474 e. The minimum Gasteiger partial charge on any atom is -0.375 e. The fraction of sp³-hybridized carbons (Fsp3) is 0.476. The number of benzene rings is 1. The van der Waals surface area contributed by atoms with Crippen LogP contribution in [0.4, 0.5) is 10.9 Å². The number of phosphoric ester groups is 1. The van der Waals surface area contributed by atoms with Crippen LogP contribution in [0.5, 0.6) is 0 Å². The average Bonchev–Trinajstić information content (AvgIpc) is 3.18. The first-order chi connectivity index (χ1) is 15.7. The van der Waals surface area contributed by atoms with E-state index < -0.39 is 7.82 Å². The van der Waals surface area contributed by atoms with Crippen LogP contribution >= 0.6 is 30.9 Å². The van der Waals surface area contributed by atoms with E-state index in [0.717, 1.165) is 11.1 Å². The number of hydrogen-bond donors (Lipinski definition) is 2. The molecule has 3 rings (SSSR count). The number of nitrogens with one attached hydrogen (secondary N) is 1. The van der Waals surface area contributed by atoms with Crippen LogP contribution in [0.15, 0.2) is 35.5 Å². The van der Waals surface area contributed by atoms with Crippen molar-refractivity contribution in [2.75, 3.05) is 31.9 Å². The molecular formula is C21H30N5O4PS2. The number of anilines is 2. The lowest BCUT2D eigenvalue weighted by molar-refractivity contribution is 0.144. The zero-order valence-corrected chi connectivity index (χ0v) is 21.9. The molecule has 2 heterocycles. The summed E-state index contributed by atoms with van der Waals surface area (Å²) in [6.07, 6.45) is 0.746. The van der Waals surface area contributed by atoms with Crippen LogP contribution in [0.2, 0.25) is 0 Å². The zero-order chi connectivity index (χ0) is 24.0. The lowest BCUT2D eigenvalue weighted by Crippen LogP contribution is -2.27. The Hall–Kier alpha value is -1.75. The van der Waals surface area contributed by atoms with Gasteiger partial charge in [-0.15, -0.1) is 0 Å². The Bertz CT molecular complexity index is 1090. The molecule has 3 aromatic rings. The number of nitrogens with zero attached hydrogens (tertiary/aromatic N) is 3. The molecule has 2 atom stereocenters. The van der Waals surface area contributed by atoms with Crippen LogP contribution in [0.1, 0.15) is 38.0 Å². The molecule has 3 N–H and O–H groups in total. The van der Waals surface area contributed by atoms with Gasteiger partial charge in [-0.05, 0) is 24.8 Å². The van der Waals surface area contributed by atoms with Crippen LogP contribution in [0.3, 0.4) is 0 Å². The molecule has 0 unspecified atom stereocenters. The van der Waals surface area contributed by atoms with Gasteiger partial charge in [-0.2, -0.15) is 0 Å². The highest BCUT2D eigenvalue weighted by molar-refractivity contribution is 7.99. The van der Waals surface area contributed by atoms with Gasteiger partial charge in [-0.25, -0.2) is 19.5 Å². The first-order valence-corrected chi connectivity index (χ1v) is 13.7. The van der Waals surface area contributed by atoms with E-state index in [-0.39, 0.29) is 17.9 Å². The molecule has 2 aromatic heterocycles. The molecule has 0 aliphatic carbocycles. The smallest absolute Gasteiger partial charge is 0.375 e. The molecule has 0 saturated carbocycles. The fourth-order valence-corrected chi connectivity index (χ4v) is 5.55. The second-order valence-corrected chi connectivity index (χ2v) is 12.0. The molecule has 0 bridgehead atoms. The summed E-state index contributed by atoms with van der Waals surface area (Å²) in [4.78, 5) is 13.8. The summed E-state index contributed by atoms with van der Waals surface area (Å²) in [7, 11) is -1.01. The maximum absolute atomic E-state index is 12.4. The summed E-state index contributed by atoms with van der Waals surface area (Å²) in [6, 6.07) is 9.98. The van der Waals surface area contributed by atoms with E-state index in [9.17, 15) is 4.57 Å². The lowest BCUT2D eigenvalue weighted by Gasteiger charge is -2.23. The largest absolute Gasteiger partial charge is 0.474 e. The van der Waals surface area contributed by atoms with Crippen molar-refractivity contribution in [3.63, 3.8) is 0 Å². The number of fused-ring (bicyclic) bond motifs is 1. The third-order valence-corrected chi connectivity index (χ3v) is 8.04. The topological polar surface area (TPSA) is 121 Å². The Balaban J connectivity index is 1.88. The van der Waals surface area contributed by atoms with Gasteiger partial charge in [0.25, 0.3) is 0 Å². The summed E-state index contributed by atoms with van der Waals surface area (Å²) < 4.78 is 28.4. The second-order valence-electron chi connectivity index (χ2n) is 7.81. The Labute approximate surface area is 202 Å². The zero-order valence-electron chi connectivity index (χ0n) is 19.3. The average molecular weight is 512 g/mol. The Kier molecular flexibility index (Phi) is 9.09. The number of hydrogen-bond acceptors (Lipinski definition) is 11. The maximum atomic E-state index is 12.4. The Morgan fingerprint density at radius 3 is 2.45 bits per heavy atom. The van der Waals surface area contributed by atoms with Gasteiger partial charge in [-0.3, -0.25) is 13.6 Å². The quantitative estimate of drug-likeness (QED) is 0.176. The summed E-state index contributed by atoms with van der Waals surface area (Å²) in [6.45, 7) is 6.42. The number of rotatable bonds is 12. The van der Waals surface area contributed by atoms with Crippen molar-refractivity contribution in [2.45, 2.75) is 43.6 Å². The van der Waals surface area contributed by atoms with Gasteiger partial charge < -0.3 is 11.1 Å². The monoisotopic (exact) mass is 511 g/mol. The number of nitrogens with two attached hydrogens (primary N) is 1. The number of phosphoric acid groups is 1. The van der Waals surface area contributed by atoms with Crippen molar-refractivity contribution >= 4 is 52.2 Å². The molecule has 0 amide bonds. The highest BCUT2D eigenvalue weighted by Gasteiger charge is 2.26.